The lowest BCUT2D eigenvalue weighted by atomic mass is 9.83. The van der Waals surface area contributed by atoms with Gasteiger partial charge < -0.3 is 24.3 Å². The maximum Gasteiger partial charge on any atom is 0.411 e. The molecule has 0 aliphatic heterocycles. The molecule has 2 N–H and O–H groups in total. The second-order valence-corrected chi connectivity index (χ2v) is 12.9. The Morgan fingerprint density at radius 1 is 0.612 bits per heavy atom. The third-order valence-corrected chi connectivity index (χ3v) is 9.02. The highest BCUT2D eigenvalue weighted by molar-refractivity contribution is 5.84. The summed E-state index contributed by atoms with van der Waals surface area (Å²) in [5, 5.41) is 5.22. The van der Waals surface area contributed by atoms with E-state index in [1.807, 2.05) is 24.3 Å². The van der Waals surface area contributed by atoms with Crippen LogP contribution in [0, 0.1) is 30.6 Å². The monoisotopic (exact) mass is 676 g/mol. The van der Waals surface area contributed by atoms with Gasteiger partial charge in [-0.2, -0.15) is 0 Å². The molecule has 2 saturated carbocycles. The normalized spacial score (nSPS) is 19.9. The van der Waals surface area contributed by atoms with E-state index in [0.717, 1.165) is 63.5 Å². The molecule has 2 fully saturated rings. The lowest BCUT2D eigenvalue weighted by Gasteiger charge is -2.27. The molecule has 4 rings (SSSR count). The highest BCUT2D eigenvalue weighted by Gasteiger charge is 2.24. The Balaban J connectivity index is 0.000000308. The van der Waals surface area contributed by atoms with Crippen molar-refractivity contribution in [3.63, 3.8) is 0 Å². The summed E-state index contributed by atoms with van der Waals surface area (Å²) in [6, 6.07) is 16.4. The zero-order valence-corrected chi connectivity index (χ0v) is 29.0. The SMILES string of the molecule is C=CC(=O)OCC1CCC(COC(=O)NC)CC1.C=CC(=O)OCC1CCC(COC(=O)Nc2ccc(Cc3ccc(C)cc3)cc2)CC1. The van der Waals surface area contributed by atoms with E-state index < -0.39 is 6.09 Å². The third kappa shape index (κ3) is 15.4. The quantitative estimate of drug-likeness (QED) is 0.126. The second-order valence-electron chi connectivity index (χ2n) is 12.9. The van der Waals surface area contributed by atoms with Crippen LogP contribution in [0.2, 0.25) is 0 Å². The fraction of sp³-hybridized carbons (Fsp3) is 0.487. The lowest BCUT2D eigenvalue weighted by molar-refractivity contribution is -0.140. The number of rotatable bonds is 13. The Morgan fingerprint density at radius 2 is 0.980 bits per heavy atom. The highest BCUT2D eigenvalue weighted by Crippen LogP contribution is 2.30. The van der Waals surface area contributed by atoms with Crippen LogP contribution < -0.4 is 10.6 Å². The van der Waals surface area contributed by atoms with E-state index >= 15 is 0 Å². The maximum absolute atomic E-state index is 12.1. The number of carbonyl (C=O) groups excluding carboxylic acids is 4. The minimum Gasteiger partial charge on any atom is -0.462 e. The molecule has 0 atom stereocenters. The van der Waals surface area contributed by atoms with E-state index in [1.54, 1.807) is 7.05 Å². The van der Waals surface area contributed by atoms with Crippen molar-refractivity contribution in [2.45, 2.75) is 64.7 Å². The summed E-state index contributed by atoms with van der Waals surface area (Å²) in [7, 11) is 1.55. The van der Waals surface area contributed by atoms with Crippen LogP contribution in [0.25, 0.3) is 0 Å². The van der Waals surface area contributed by atoms with Gasteiger partial charge in [0.25, 0.3) is 0 Å². The second kappa shape index (κ2) is 21.4. The van der Waals surface area contributed by atoms with Crippen LogP contribution in [-0.2, 0) is 35.0 Å². The lowest BCUT2D eigenvalue weighted by Crippen LogP contribution is -2.26. The Morgan fingerprint density at radius 3 is 1.37 bits per heavy atom. The number of alkyl carbamates (subject to hydrolysis) is 1. The van der Waals surface area contributed by atoms with Gasteiger partial charge in [-0.1, -0.05) is 55.1 Å². The van der Waals surface area contributed by atoms with Gasteiger partial charge in [-0.05, 0) is 112 Å². The number of nitrogens with one attached hydrogen (secondary N) is 2. The van der Waals surface area contributed by atoms with Crippen LogP contribution in [0.4, 0.5) is 15.3 Å². The summed E-state index contributed by atoms with van der Waals surface area (Å²) in [4.78, 5) is 45.1. The Bertz CT molecular complexity index is 1340. The summed E-state index contributed by atoms with van der Waals surface area (Å²) >= 11 is 0. The molecule has 0 spiro atoms. The van der Waals surface area contributed by atoms with E-state index in [0.29, 0.717) is 50.1 Å². The molecule has 2 aromatic carbocycles. The smallest absolute Gasteiger partial charge is 0.411 e. The van der Waals surface area contributed by atoms with Gasteiger partial charge in [-0.3, -0.25) is 5.32 Å². The van der Waals surface area contributed by atoms with Gasteiger partial charge in [0.1, 0.15) is 0 Å². The van der Waals surface area contributed by atoms with E-state index in [-0.39, 0.29) is 18.0 Å². The van der Waals surface area contributed by atoms with Crippen molar-refractivity contribution in [3.8, 4) is 0 Å². The third-order valence-electron chi connectivity index (χ3n) is 9.02. The van der Waals surface area contributed by atoms with Gasteiger partial charge in [0, 0.05) is 24.9 Å². The van der Waals surface area contributed by atoms with Crippen molar-refractivity contribution < 1.29 is 38.1 Å². The van der Waals surface area contributed by atoms with Crippen LogP contribution in [0.5, 0.6) is 0 Å². The first kappa shape index (κ1) is 38.8. The van der Waals surface area contributed by atoms with E-state index in [2.05, 4.69) is 55.0 Å². The summed E-state index contributed by atoms with van der Waals surface area (Å²) in [6.07, 6.45) is 10.3. The average Bonchev–Trinajstić information content (AvgIpc) is 3.13. The summed E-state index contributed by atoms with van der Waals surface area (Å²) < 4.78 is 20.6. The van der Waals surface area contributed by atoms with Crippen LogP contribution >= 0.6 is 0 Å². The molecule has 0 bridgehead atoms. The zero-order chi connectivity index (χ0) is 35.4. The number of esters is 2. The minimum atomic E-state index is -0.423. The number of hydrogen-bond donors (Lipinski definition) is 2. The van der Waals surface area contributed by atoms with E-state index in [4.69, 9.17) is 18.9 Å². The number of carbonyl (C=O) groups is 4. The van der Waals surface area contributed by atoms with Crippen molar-refractivity contribution >= 4 is 29.8 Å². The molecule has 266 valence electrons. The average molecular weight is 677 g/mol. The van der Waals surface area contributed by atoms with Gasteiger partial charge >= 0.3 is 24.1 Å². The number of amides is 2. The minimum absolute atomic E-state index is 0.356. The number of anilines is 1. The highest BCUT2D eigenvalue weighted by atomic mass is 16.6. The predicted molar refractivity (Wildman–Crippen MR) is 189 cm³/mol. The molecular weight excluding hydrogens is 624 g/mol. The number of benzene rings is 2. The van der Waals surface area contributed by atoms with Crippen molar-refractivity contribution in [3.05, 3.63) is 90.5 Å². The molecule has 2 aliphatic rings. The molecule has 0 unspecified atom stereocenters. The number of aryl methyl sites for hydroxylation is 1. The molecule has 2 aliphatic carbocycles. The number of ether oxygens (including phenoxy) is 4. The molecule has 0 saturated heterocycles. The van der Waals surface area contributed by atoms with Gasteiger partial charge in [0.2, 0.25) is 0 Å². The molecular formula is C39H52N2O8. The van der Waals surface area contributed by atoms with Gasteiger partial charge in [0.15, 0.2) is 0 Å². The first-order chi connectivity index (χ1) is 23.7. The zero-order valence-electron chi connectivity index (χ0n) is 29.0. The van der Waals surface area contributed by atoms with Crippen LogP contribution in [0.1, 0.15) is 68.1 Å². The van der Waals surface area contributed by atoms with Gasteiger partial charge in [-0.25, -0.2) is 19.2 Å². The first-order valence-corrected chi connectivity index (χ1v) is 17.2. The fourth-order valence-corrected chi connectivity index (χ4v) is 5.91. The standard InChI is InChI=1S/C26H31NO4.C13H21NO4/c1-3-25(28)30-17-22-8-10-23(11-9-22)18-31-26(29)27-24-14-12-21(13-15-24)16-20-6-4-19(2)5-7-20;1-3-12(15)17-8-10-4-6-11(7-5-10)9-18-13(16)14-2/h3-7,12-15,22-23H,1,8-11,16-18H2,2H3,(H,27,29);3,10-11H,1,4-9H2,2H3,(H,14,16). The number of hydrogen-bond acceptors (Lipinski definition) is 8. The van der Waals surface area contributed by atoms with Gasteiger partial charge in [-0.15, -0.1) is 0 Å². The molecule has 0 heterocycles. The van der Waals surface area contributed by atoms with Crippen LogP contribution in [0.3, 0.4) is 0 Å². The molecule has 10 nitrogen and oxygen atoms in total. The fourth-order valence-electron chi connectivity index (χ4n) is 5.91. The van der Waals surface area contributed by atoms with Gasteiger partial charge in [0.05, 0.1) is 26.4 Å². The van der Waals surface area contributed by atoms with E-state index in [9.17, 15) is 19.2 Å². The molecule has 49 heavy (non-hydrogen) atoms. The topological polar surface area (TPSA) is 129 Å². The van der Waals surface area contributed by atoms with Crippen molar-refractivity contribution in [2.75, 3.05) is 38.8 Å². The van der Waals surface area contributed by atoms with E-state index in [1.165, 1.54) is 28.8 Å². The van der Waals surface area contributed by atoms with Crippen molar-refractivity contribution in [2.24, 2.45) is 23.7 Å². The molecule has 0 radical (unpaired) electrons. The largest absolute Gasteiger partial charge is 0.462 e. The first-order valence-electron chi connectivity index (χ1n) is 17.2. The maximum atomic E-state index is 12.1. The molecule has 2 amide bonds. The summed E-state index contributed by atoms with van der Waals surface area (Å²) in [5.41, 5.74) is 4.44. The predicted octanol–water partition coefficient (Wildman–Crippen LogP) is 7.55. The summed E-state index contributed by atoms with van der Waals surface area (Å²) in [5.74, 6) is 0.852. The van der Waals surface area contributed by atoms with Crippen LogP contribution in [0.15, 0.2) is 73.8 Å². The Hall–Kier alpha value is -4.60. The molecule has 10 heteroatoms. The van der Waals surface area contributed by atoms with Crippen LogP contribution in [-0.4, -0.2) is 57.6 Å². The van der Waals surface area contributed by atoms with Crippen molar-refractivity contribution in [1.82, 2.24) is 5.32 Å². The molecule has 2 aromatic rings. The molecule has 0 aromatic heterocycles. The Labute approximate surface area is 290 Å². The van der Waals surface area contributed by atoms with Crippen molar-refractivity contribution in [1.29, 1.82) is 0 Å². The Kier molecular flexibility index (Phi) is 17.0. The summed E-state index contributed by atoms with van der Waals surface area (Å²) in [6.45, 7) is 10.6.